The lowest BCUT2D eigenvalue weighted by Crippen LogP contribution is -2.38. The quantitative estimate of drug-likeness (QED) is 0.900. The van der Waals surface area contributed by atoms with Gasteiger partial charge in [0.05, 0.1) is 5.92 Å². The van der Waals surface area contributed by atoms with Crippen LogP contribution in [0.25, 0.3) is 0 Å². The van der Waals surface area contributed by atoms with Crippen molar-refractivity contribution in [2.45, 2.75) is 19.4 Å². The minimum Gasteiger partial charge on any atom is -0.481 e. The van der Waals surface area contributed by atoms with Crippen LogP contribution in [0.15, 0.2) is 18.2 Å². The van der Waals surface area contributed by atoms with Crippen molar-refractivity contribution in [2.24, 2.45) is 5.92 Å². The molecule has 0 aliphatic carbocycles. The van der Waals surface area contributed by atoms with Crippen molar-refractivity contribution in [1.82, 2.24) is 4.90 Å². The van der Waals surface area contributed by atoms with E-state index in [2.05, 4.69) is 0 Å². The summed E-state index contributed by atoms with van der Waals surface area (Å²) in [6.45, 7) is 1.50. The summed E-state index contributed by atoms with van der Waals surface area (Å²) in [6.07, 6.45) is 1.46. The lowest BCUT2D eigenvalue weighted by atomic mass is 9.98. The third-order valence-corrected chi connectivity index (χ3v) is 3.26. The van der Waals surface area contributed by atoms with Gasteiger partial charge < -0.3 is 5.11 Å². The number of rotatable bonds is 3. The van der Waals surface area contributed by atoms with Crippen molar-refractivity contribution in [3.05, 3.63) is 35.4 Å². The Morgan fingerprint density at radius 2 is 2.22 bits per heavy atom. The molecule has 1 saturated heterocycles. The zero-order valence-corrected chi connectivity index (χ0v) is 9.90. The molecule has 18 heavy (non-hydrogen) atoms. The van der Waals surface area contributed by atoms with Gasteiger partial charge in [-0.1, -0.05) is 6.07 Å². The number of carbonyl (C=O) groups is 1. The Balaban J connectivity index is 2.02. The number of hydrogen-bond acceptors (Lipinski definition) is 2. The van der Waals surface area contributed by atoms with Crippen LogP contribution in [0.4, 0.5) is 8.78 Å². The second kappa shape index (κ2) is 5.44. The van der Waals surface area contributed by atoms with Crippen LogP contribution in [0.3, 0.4) is 0 Å². The summed E-state index contributed by atoms with van der Waals surface area (Å²) >= 11 is 0. The molecule has 2 rings (SSSR count). The Morgan fingerprint density at radius 3 is 2.89 bits per heavy atom. The molecule has 0 unspecified atom stereocenters. The molecule has 1 atom stereocenters. The van der Waals surface area contributed by atoms with Gasteiger partial charge in [-0.3, -0.25) is 9.69 Å². The first-order valence-corrected chi connectivity index (χ1v) is 5.95. The molecular formula is C13H15F2NO2. The van der Waals surface area contributed by atoms with Crippen LogP contribution in [0.1, 0.15) is 18.4 Å². The van der Waals surface area contributed by atoms with Gasteiger partial charge in [-0.2, -0.15) is 0 Å². The van der Waals surface area contributed by atoms with Crippen LogP contribution >= 0.6 is 0 Å². The van der Waals surface area contributed by atoms with Gasteiger partial charge in [0.2, 0.25) is 0 Å². The van der Waals surface area contributed by atoms with Gasteiger partial charge in [0.1, 0.15) is 11.6 Å². The highest BCUT2D eigenvalue weighted by Crippen LogP contribution is 2.20. The largest absolute Gasteiger partial charge is 0.481 e. The maximum absolute atomic E-state index is 13.5. The van der Waals surface area contributed by atoms with Gasteiger partial charge in [0.25, 0.3) is 0 Å². The molecule has 0 bridgehead atoms. The zero-order chi connectivity index (χ0) is 13.1. The third kappa shape index (κ3) is 3.04. The predicted octanol–water partition coefficient (Wildman–Crippen LogP) is 2.26. The molecule has 5 heteroatoms. The number of hydrogen-bond donors (Lipinski definition) is 1. The molecule has 1 fully saturated rings. The Bertz CT molecular complexity index is 451. The van der Waals surface area contributed by atoms with Gasteiger partial charge in [-0.05, 0) is 25.5 Å². The van der Waals surface area contributed by atoms with Crippen molar-refractivity contribution in [2.75, 3.05) is 13.1 Å². The molecule has 1 aromatic carbocycles. The Hall–Kier alpha value is -1.49. The SMILES string of the molecule is O=C(O)[C@@H]1CCCN(Cc2ccc(F)cc2F)C1. The minimum absolute atomic E-state index is 0.329. The van der Waals surface area contributed by atoms with E-state index in [4.69, 9.17) is 5.11 Å². The maximum Gasteiger partial charge on any atom is 0.307 e. The number of nitrogens with zero attached hydrogens (tertiary/aromatic N) is 1. The number of likely N-dealkylation sites (tertiary alicyclic amines) is 1. The van der Waals surface area contributed by atoms with Crippen molar-refractivity contribution in [3.8, 4) is 0 Å². The summed E-state index contributed by atoms with van der Waals surface area (Å²) in [7, 11) is 0. The predicted molar refractivity (Wildman–Crippen MR) is 62.0 cm³/mol. The lowest BCUT2D eigenvalue weighted by Gasteiger charge is -2.30. The van der Waals surface area contributed by atoms with E-state index in [1.807, 2.05) is 4.90 Å². The summed E-state index contributed by atoms with van der Waals surface area (Å²) in [5, 5.41) is 8.96. The van der Waals surface area contributed by atoms with E-state index in [0.717, 1.165) is 19.0 Å². The number of piperidine rings is 1. The van der Waals surface area contributed by atoms with Gasteiger partial charge >= 0.3 is 5.97 Å². The molecule has 0 amide bonds. The number of aliphatic carboxylic acids is 1. The van der Waals surface area contributed by atoms with Crippen molar-refractivity contribution in [1.29, 1.82) is 0 Å². The first kappa shape index (κ1) is 13.0. The fourth-order valence-electron chi connectivity index (χ4n) is 2.29. The first-order chi connectivity index (χ1) is 8.56. The molecule has 1 aliphatic heterocycles. The van der Waals surface area contributed by atoms with Crippen LogP contribution in [-0.4, -0.2) is 29.1 Å². The third-order valence-electron chi connectivity index (χ3n) is 3.26. The van der Waals surface area contributed by atoms with E-state index in [-0.39, 0.29) is 5.92 Å². The van der Waals surface area contributed by atoms with E-state index >= 15 is 0 Å². The maximum atomic E-state index is 13.5. The van der Waals surface area contributed by atoms with Crippen LogP contribution in [0.5, 0.6) is 0 Å². The van der Waals surface area contributed by atoms with E-state index < -0.39 is 17.6 Å². The molecule has 1 aromatic rings. The molecule has 0 saturated carbocycles. The number of carboxylic acid groups (broad SMARTS) is 1. The minimum atomic E-state index is -0.806. The summed E-state index contributed by atoms with van der Waals surface area (Å²) in [4.78, 5) is 12.8. The van der Waals surface area contributed by atoms with E-state index in [0.29, 0.717) is 25.1 Å². The first-order valence-electron chi connectivity index (χ1n) is 5.95. The zero-order valence-electron chi connectivity index (χ0n) is 9.90. The topological polar surface area (TPSA) is 40.5 Å². The second-order valence-electron chi connectivity index (χ2n) is 4.65. The van der Waals surface area contributed by atoms with E-state index in [1.54, 1.807) is 0 Å². The molecule has 0 aromatic heterocycles. The highest BCUT2D eigenvalue weighted by atomic mass is 19.1. The lowest BCUT2D eigenvalue weighted by molar-refractivity contribution is -0.143. The molecule has 0 spiro atoms. The smallest absolute Gasteiger partial charge is 0.307 e. The van der Waals surface area contributed by atoms with Gasteiger partial charge in [-0.25, -0.2) is 8.78 Å². The van der Waals surface area contributed by atoms with Crippen LogP contribution in [0.2, 0.25) is 0 Å². The summed E-state index contributed by atoms with van der Waals surface area (Å²) < 4.78 is 26.2. The monoisotopic (exact) mass is 255 g/mol. The molecule has 3 nitrogen and oxygen atoms in total. The number of benzene rings is 1. The molecule has 0 radical (unpaired) electrons. The summed E-state index contributed by atoms with van der Waals surface area (Å²) in [5.74, 6) is -2.37. The highest BCUT2D eigenvalue weighted by Gasteiger charge is 2.25. The fraction of sp³-hybridized carbons (Fsp3) is 0.462. The van der Waals surface area contributed by atoms with E-state index in [1.165, 1.54) is 12.1 Å². The molecular weight excluding hydrogens is 240 g/mol. The van der Waals surface area contributed by atoms with Crippen molar-refractivity contribution >= 4 is 5.97 Å². The Labute approximate surface area is 104 Å². The average molecular weight is 255 g/mol. The number of carboxylic acids is 1. The van der Waals surface area contributed by atoms with Crippen molar-refractivity contribution < 1.29 is 18.7 Å². The van der Waals surface area contributed by atoms with Gasteiger partial charge in [-0.15, -0.1) is 0 Å². The standard InChI is InChI=1S/C13H15F2NO2/c14-11-4-3-9(12(15)6-11)7-16-5-1-2-10(8-16)13(17)18/h3-4,6,10H,1-2,5,7-8H2,(H,17,18)/t10-/m1/s1. The molecule has 98 valence electrons. The fourth-order valence-corrected chi connectivity index (χ4v) is 2.29. The van der Waals surface area contributed by atoms with Crippen LogP contribution in [-0.2, 0) is 11.3 Å². The molecule has 1 aliphatic rings. The summed E-state index contributed by atoms with van der Waals surface area (Å²) in [6, 6.07) is 3.49. The van der Waals surface area contributed by atoms with Crippen LogP contribution in [0, 0.1) is 17.6 Å². The van der Waals surface area contributed by atoms with Crippen LogP contribution < -0.4 is 0 Å². The van der Waals surface area contributed by atoms with Gasteiger partial charge in [0, 0.05) is 24.7 Å². The summed E-state index contributed by atoms with van der Waals surface area (Å²) in [5.41, 5.74) is 0.405. The average Bonchev–Trinajstić information content (AvgIpc) is 2.33. The second-order valence-corrected chi connectivity index (χ2v) is 4.65. The Kier molecular flexibility index (Phi) is 3.91. The normalized spacial score (nSPS) is 20.9. The molecule has 1 heterocycles. The molecule has 1 N–H and O–H groups in total. The van der Waals surface area contributed by atoms with Crippen molar-refractivity contribution in [3.63, 3.8) is 0 Å². The Morgan fingerprint density at radius 1 is 1.44 bits per heavy atom. The van der Waals surface area contributed by atoms with E-state index in [9.17, 15) is 13.6 Å². The highest BCUT2D eigenvalue weighted by molar-refractivity contribution is 5.70. The van der Waals surface area contributed by atoms with Gasteiger partial charge in [0.15, 0.2) is 0 Å². The number of halogens is 2.